The van der Waals surface area contributed by atoms with Crippen LogP contribution in [0, 0.1) is 6.54 Å². The van der Waals surface area contributed by atoms with Gasteiger partial charge in [-0.1, -0.05) is 0 Å². The maximum atomic E-state index is 5.12. The Morgan fingerprint density at radius 2 is 2.07 bits per heavy atom. The van der Waals surface area contributed by atoms with E-state index in [0.29, 0.717) is 0 Å². The predicted octanol–water partition coefficient (Wildman–Crippen LogP) is 1.27. The minimum atomic E-state index is 0.910. The Morgan fingerprint density at radius 1 is 1.29 bits per heavy atom. The van der Waals surface area contributed by atoms with Gasteiger partial charge in [0.1, 0.15) is 5.75 Å². The van der Waals surface area contributed by atoms with Crippen molar-refractivity contribution >= 4 is 5.69 Å². The molecule has 1 radical (unpaired) electrons. The highest BCUT2D eigenvalue weighted by atomic mass is 16.5. The fraction of sp³-hybridized carbons (Fsp3) is 0.364. The molecule has 2 rings (SSSR count). The molecule has 0 aromatic heterocycles. The Labute approximate surface area is 84.7 Å². The summed E-state index contributed by atoms with van der Waals surface area (Å²) < 4.78 is 5.12. The number of hydrogen-bond donors (Lipinski definition) is 1. The number of methoxy groups -OCH3 is 1. The van der Waals surface area contributed by atoms with Gasteiger partial charge in [-0.15, -0.1) is 0 Å². The monoisotopic (exact) mass is 191 g/mol. The van der Waals surface area contributed by atoms with E-state index in [-0.39, 0.29) is 0 Å². The van der Waals surface area contributed by atoms with Gasteiger partial charge < -0.3 is 15.0 Å². The second kappa shape index (κ2) is 4.33. The molecule has 3 heteroatoms. The minimum Gasteiger partial charge on any atom is -0.497 e. The lowest BCUT2D eigenvalue weighted by Crippen LogP contribution is -2.40. The summed E-state index contributed by atoms with van der Waals surface area (Å²) in [5.41, 5.74) is 1.25. The van der Waals surface area contributed by atoms with Crippen molar-refractivity contribution in [2.45, 2.75) is 0 Å². The molecule has 0 unspecified atom stereocenters. The maximum absolute atomic E-state index is 5.12. The van der Waals surface area contributed by atoms with E-state index < -0.39 is 0 Å². The van der Waals surface area contributed by atoms with Crippen molar-refractivity contribution in [1.82, 2.24) is 5.32 Å². The lowest BCUT2D eigenvalue weighted by atomic mass is 10.2. The number of nitrogens with zero attached hydrogens (tertiary/aromatic N) is 1. The Kier molecular flexibility index (Phi) is 2.89. The first kappa shape index (κ1) is 9.34. The molecule has 3 nitrogen and oxygen atoms in total. The van der Waals surface area contributed by atoms with E-state index in [0.717, 1.165) is 25.4 Å². The highest BCUT2D eigenvalue weighted by Gasteiger charge is 2.09. The topological polar surface area (TPSA) is 24.5 Å². The quantitative estimate of drug-likeness (QED) is 0.761. The van der Waals surface area contributed by atoms with Gasteiger partial charge >= 0.3 is 0 Å². The molecule has 1 aromatic carbocycles. The molecule has 1 aromatic rings. The van der Waals surface area contributed by atoms with Gasteiger partial charge in [0.15, 0.2) is 0 Å². The first-order chi connectivity index (χ1) is 6.90. The van der Waals surface area contributed by atoms with Gasteiger partial charge in [-0.25, -0.2) is 0 Å². The second-order valence-electron chi connectivity index (χ2n) is 3.30. The second-order valence-corrected chi connectivity index (χ2v) is 3.30. The minimum absolute atomic E-state index is 0.910. The number of piperazine rings is 1. The lowest BCUT2D eigenvalue weighted by molar-refractivity contribution is 0.415. The number of hydrogen-bond acceptors (Lipinski definition) is 3. The molecule has 0 atom stereocenters. The average molecular weight is 191 g/mol. The van der Waals surface area contributed by atoms with Crippen molar-refractivity contribution in [2.75, 3.05) is 31.6 Å². The number of ether oxygens (including phenoxy) is 1. The van der Waals surface area contributed by atoms with Crippen LogP contribution < -0.4 is 15.0 Å². The molecule has 0 saturated carbocycles. The average Bonchev–Trinajstić information content (AvgIpc) is 2.30. The van der Waals surface area contributed by atoms with Crippen molar-refractivity contribution in [3.63, 3.8) is 0 Å². The summed E-state index contributed by atoms with van der Waals surface area (Å²) >= 11 is 0. The van der Waals surface area contributed by atoms with Gasteiger partial charge in [0.2, 0.25) is 0 Å². The van der Waals surface area contributed by atoms with E-state index in [9.17, 15) is 0 Å². The molecule has 1 N–H and O–H groups in total. The zero-order valence-electron chi connectivity index (χ0n) is 8.36. The predicted molar refractivity (Wildman–Crippen MR) is 57.5 cm³/mol. The summed E-state index contributed by atoms with van der Waals surface area (Å²) in [6.45, 7) is 5.13. The smallest absolute Gasteiger partial charge is 0.119 e. The zero-order chi connectivity index (χ0) is 9.80. The van der Waals surface area contributed by atoms with Crippen LogP contribution in [0.25, 0.3) is 0 Å². The molecule has 0 spiro atoms. The molecule has 14 heavy (non-hydrogen) atoms. The van der Waals surface area contributed by atoms with Gasteiger partial charge in [0.25, 0.3) is 0 Å². The van der Waals surface area contributed by atoms with E-state index in [1.165, 1.54) is 5.69 Å². The van der Waals surface area contributed by atoms with E-state index in [4.69, 9.17) is 4.74 Å². The molecule has 1 aliphatic rings. The van der Waals surface area contributed by atoms with Crippen molar-refractivity contribution in [3.8, 4) is 5.75 Å². The van der Waals surface area contributed by atoms with Crippen LogP contribution in [0.3, 0.4) is 0 Å². The summed E-state index contributed by atoms with van der Waals surface area (Å²) in [4.78, 5) is 2.33. The van der Waals surface area contributed by atoms with Crippen LogP contribution >= 0.6 is 0 Å². The SMILES string of the molecule is COc1ccc(N2C[CH]NCC2)cc1. The van der Waals surface area contributed by atoms with Gasteiger partial charge in [0, 0.05) is 31.9 Å². The van der Waals surface area contributed by atoms with E-state index in [2.05, 4.69) is 28.9 Å². The fourth-order valence-electron chi connectivity index (χ4n) is 1.60. The highest BCUT2D eigenvalue weighted by Crippen LogP contribution is 2.19. The number of nitrogens with one attached hydrogen (secondary N) is 1. The van der Waals surface area contributed by atoms with Crippen LogP contribution in [0.5, 0.6) is 5.75 Å². The summed E-state index contributed by atoms with van der Waals surface area (Å²) in [6, 6.07) is 8.19. The Bertz CT molecular complexity index is 278. The van der Waals surface area contributed by atoms with Crippen LogP contribution in [0.2, 0.25) is 0 Å². The Morgan fingerprint density at radius 3 is 2.64 bits per heavy atom. The van der Waals surface area contributed by atoms with Crippen LogP contribution in [0.15, 0.2) is 24.3 Å². The van der Waals surface area contributed by atoms with Crippen molar-refractivity contribution in [1.29, 1.82) is 0 Å². The molecule has 1 fully saturated rings. The van der Waals surface area contributed by atoms with Crippen molar-refractivity contribution in [2.24, 2.45) is 0 Å². The maximum Gasteiger partial charge on any atom is 0.119 e. The fourth-order valence-corrected chi connectivity index (χ4v) is 1.60. The van der Waals surface area contributed by atoms with Crippen LogP contribution in [-0.2, 0) is 0 Å². The summed E-state index contributed by atoms with van der Waals surface area (Å²) in [5.74, 6) is 0.910. The van der Waals surface area contributed by atoms with Crippen LogP contribution in [0.1, 0.15) is 0 Å². The molecule has 0 bridgehead atoms. The Balaban J connectivity index is 2.07. The molecular formula is C11H15N2O. The van der Waals surface area contributed by atoms with Gasteiger partial charge in [-0.3, -0.25) is 0 Å². The largest absolute Gasteiger partial charge is 0.497 e. The summed E-state index contributed by atoms with van der Waals surface area (Å²) in [6.07, 6.45) is 0. The van der Waals surface area contributed by atoms with Gasteiger partial charge in [-0.2, -0.15) is 0 Å². The zero-order valence-corrected chi connectivity index (χ0v) is 8.36. The summed E-state index contributed by atoms with van der Waals surface area (Å²) in [7, 11) is 1.69. The molecule has 1 saturated heterocycles. The third kappa shape index (κ3) is 1.99. The standard InChI is InChI=1S/C11H15N2O/c1-14-11-4-2-10(3-5-11)13-8-6-12-7-9-13/h2-6,12H,7-9H2,1H3. The molecule has 75 valence electrons. The molecule has 1 aliphatic heterocycles. The summed E-state index contributed by atoms with van der Waals surface area (Å²) in [5, 5.41) is 3.22. The number of rotatable bonds is 2. The van der Waals surface area contributed by atoms with Crippen molar-refractivity contribution in [3.05, 3.63) is 30.8 Å². The van der Waals surface area contributed by atoms with E-state index in [1.807, 2.05) is 12.1 Å². The van der Waals surface area contributed by atoms with Crippen LogP contribution in [0.4, 0.5) is 5.69 Å². The van der Waals surface area contributed by atoms with Gasteiger partial charge in [0.05, 0.1) is 7.11 Å². The first-order valence-electron chi connectivity index (χ1n) is 4.84. The third-order valence-corrected chi connectivity index (χ3v) is 2.42. The normalized spacial score (nSPS) is 16.8. The molecular weight excluding hydrogens is 176 g/mol. The van der Waals surface area contributed by atoms with Gasteiger partial charge in [-0.05, 0) is 24.3 Å². The third-order valence-electron chi connectivity index (χ3n) is 2.42. The number of anilines is 1. The molecule has 1 heterocycles. The highest BCUT2D eigenvalue weighted by molar-refractivity contribution is 5.49. The van der Waals surface area contributed by atoms with E-state index in [1.54, 1.807) is 7.11 Å². The lowest BCUT2D eigenvalue weighted by Gasteiger charge is -2.29. The Hall–Kier alpha value is -1.22. The van der Waals surface area contributed by atoms with E-state index >= 15 is 0 Å². The first-order valence-corrected chi connectivity index (χ1v) is 4.84. The number of benzene rings is 1. The van der Waals surface area contributed by atoms with Crippen molar-refractivity contribution < 1.29 is 4.74 Å². The molecule has 0 aliphatic carbocycles. The molecule has 0 amide bonds. The van der Waals surface area contributed by atoms with Crippen LogP contribution in [-0.4, -0.2) is 26.7 Å².